The van der Waals surface area contributed by atoms with Gasteiger partial charge in [-0.2, -0.15) is 11.3 Å². The van der Waals surface area contributed by atoms with Crippen LogP contribution in [0.1, 0.15) is 18.1 Å². The number of rotatable bonds is 9. The van der Waals surface area contributed by atoms with E-state index in [1.807, 2.05) is 12.1 Å². The maximum Gasteiger partial charge on any atom is 0.203 e. The van der Waals surface area contributed by atoms with Crippen molar-refractivity contribution in [1.29, 1.82) is 0 Å². The molecule has 0 radical (unpaired) electrons. The van der Waals surface area contributed by atoms with Crippen molar-refractivity contribution in [3.8, 4) is 17.2 Å². The minimum atomic E-state index is 0. The molecule has 0 bridgehead atoms. The molecule has 2 heterocycles. The Morgan fingerprint density at radius 1 is 1.03 bits per heavy atom. The molecule has 0 atom stereocenters. The highest BCUT2D eigenvalue weighted by Gasteiger charge is 2.21. The summed E-state index contributed by atoms with van der Waals surface area (Å²) < 4.78 is 16.4. The molecule has 9 heteroatoms. The lowest BCUT2D eigenvalue weighted by Gasteiger charge is -2.36. The maximum absolute atomic E-state index is 5.49. The molecule has 7 nitrogen and oxygen atoms in total. The van der Waals surface area contributed by atoms with Crippen molar-refractivity contribution in [2.75, 3.05) is 60.6 Å². The predicted octanol–water partition coefficient (Wildman–Crippen LogP) is 3.72. The topological polar surface area (TPSA) is 58.6 Å². The van der Waals surface area contributed by atoms with Gasteiger partial charge in [-0.1, -0.05) is 0 Å². The summed E-state index contributed by atoms with van der Waals surface area (Å²) in [6.45, 7) is 8.51. The van der Waals surface area contributed by atoms with Gasteiger partial charge in [-0.05, 0) is 53.4 Å². The highest BCUT2D eigenvalue weighted by atomic mass is 127. The van der Waals surface area contributed by atoms with E-state index in [1.54, 1.807) is 32.7 Å². The summed E-state index contributed by atoms with van der Waals surface area (Å²) in [5, 5.41) is 7.77. The van der Waals surface area contributed by atoms with Gasteiger partial charge in [0.15, 0.2) is 17.5 Å². The Labute approximate surface area is 212 Å². The summed E-state index contributed by atoms with van der Waals surface area (Å²) in [5.41, 5.74) is 2.51. The number of nitrogens with one attached hydrogen (secondary N) is 1. The van der Waals surface area contributed by atoms with Gasteiger partial charge in [0.05, 0.1) is 21.3 Å². The molecule has 1 aliphatic rings. The lowest BCUT2D eigenvalue weighted by atomic mass is 10.1. The van der Waals surface area contributed by atoms with E-state index in [9.17, 15) is 0 Å². The van der Waals surface area contributed by atoms with E-state index >= 15 is 0 Å². The van der Waals surface area contributed by atoms with Crippen LogP contribution in [-0.2, 0) is 13.0 Å². The third-order valence-electron chi connectivity index (χ3n) is 5.38. The van der Waals surface area contributed by atoms with Gasteiger partial charge in [0.1, 0.15) is 0 Å². The Morgan fingerprint density at radius 2 is 1.72 bits per heavy atom. The Kier molecular flexibility index (Phi) is 11.4. The summed E-state index contributed by atoms with van der Waals surface area (Å²) in [4.78, 5) is 9.67. The van der Waals surface area contributed by atoms with Crippen LogP contribution in [0.3, 0.4) is 0 Å². The minimum Gasteiger partial charge on any atom is -0.493 e. The van der Waals surface area contributed by atoms with E-state index in [-0.39, 0.29) is 24.0 Å². The zero-order chi connectivity index (χ0) is 22.1. The maximum atomic E-state index is 5.49. The molecule has 0 spiro atoms. The van der Waals surface area contributed by atoms with E-state index in [1.165, 1.54) is 5.56 Å². The molecule has 3 rings (SSSR count). The molecule has 1 saturated heterocycles. The normalized spacial score (nSPS) is 14.6. The van der Waals surface area contributed by atoms with E-state index in [2.05, 4.69) is 38.9 Å². The Hall–Kier alpha value is -1.72. The van der Waals surface area contributed by atoms with E-state index in [4.69, 9.17) is 19.2 Å². The Morgan fingerprint density at radius 3 is 2.25 bits per heavy atom. The number of halogens is 1. The van der Waals surface area contributed by atoms with Crippen LogP contribution in [0, 0.1) is 0 Å². The zero-order valence-corrected chi connectivity index (χ0v) is 22.6. The SMILES string of the molecule is CCNC(=NCCc1ccsc1)N1CCN(Cc2cc(OC)c(OC)c(OC)c2)CC1.I. The van der Waals surface area contributed by atoms with Gasteiger partial charge in [-0.25, -0.2) is 0 Å². The predicted molar refractivity (Wildman–Crippen MR) is 142 cm³/mol. The van der Waals surface area contributed by atoms with E-state index < -0.39 is 0 Å². The monoisotopic (exact) mass is 574 g/mol. The highest BCUT2D eigenvalue weighted by molar-refractivity contribution is 14.0. The number of methoxy groups -OCH3 is 3. The van der Waals surface area contributed by atoms with Gasteiger partial charge < -0.3 is 24.4 Å². The van der Waals surface area contributed by atoms with Gasteiger partial charge in [-0.15, -0.1) is 24.0 Å². The molecule has 1 aromatic carbocycles. The van der Waals surface area contributed by atoms with Crippen LogP contribution < -0.4 is 19.5 Å². The summed E-state index contributed by atoms with van der Waals surface area (Å²) >= 11 is 1.74. The fraction of sp³-hybridized carbons (Fsp3) is 0.522. The van der Waals surface area contributed by atoms with Crippen LogP contribution >= 0.6 is 35.3 Å². The van der Waals surface area contributed by atoms with Crippen LogP contribution in [0.15, 0.2) is 34.0 Å². The van der Waals surface area contributed by atoms with Crippen LogP contribution in [0.5, 0.6) is 17.2 Å². The summed E-state index contributed by atoms with van der Waals surface area (Å²) in [6.07, 6.45) is 0.986. The van der Waals surface area contributed by atoms with Crippen molar-refractivity contribution in [3.05, 3.63) is 40.1 Å². The number of benzene rings is 1. The second-order valence-corrected chi connectivity index (χ2v) is 8.19. The first kappa shape index (κ1) is 26.5. The molecule has 178 valence electrons. The fourth-order valence-electron chi connectivity index (χ4n) is 3.75. The third kappa shape index (κ3) is 7.14. The number of ether oxygens (including phenoxy) is 3. The number of piperazine rings is 1. The van der Waals surface area contributed by atoms with Gasteiger partial charge in [-0.3, -0.25) is 9.89 Å². The molecule has 0 amide bonds. The third-order valence-corrected chi connectivity index (χ3v) is 6.11. The smallest absolute Gasteiger partial charge is 0.203 e. The number of aliphatic imine (C=N–C) groups is 1. The molecule has 1 fully saturated rings. The number of hydrogen-bond donors (Lipinski definition) is 1. The van der Waals surface area contributed by atoms with Crippen molar-refractivity contribution < 1.29 is 14.2 Å². The molecule has 32 heavy (non-hydrogen) atoms. The lowest BCUT2D eigenvalue weighted by Crippen LogP contribution is -2.52. The summed E-state index contributed by atoms with van der Waals surface area (Å²) in [7, 11) is 4.93. The quantitative estimate of drug-likeness (QED) is 0.280. The van der Waals surface area contributed by atoms with Crippen molar-refractivity contribution in [3.63, 3.8) is 0 Å². The van der Waals surface area contributed by atoms with Crippen LogP contribution in [0.4, 0.5) is 0 Å². The molecule has 0 aliphatic carbocycles. The fourth-order valence-corrected chi connectivity index (χ4v) is 4.46. The molecular weight excluding hydrogens is 539 g/mol. The van der Waals surface area contributed by atoms with Crippen LogP contribution in [0.2, 0.25) is 0 Å². The Balaban J connectivity index is 0.00000363. The second-order valence-electron chi connectivity index (χ2n) is 7.41. The standard InChI is InChI=1S/C23H34N4O3S.HI/c1-5-24-23(25-8-6-18-7-13-31-17-18)27-11-9-26(10-12-27)16-19-14-20(28-2)22(30-4)21(15-19)29-3;/h7,13-15,17H,5-6,8-12,16H2,1-4H3,(H,24,25);1H. The number of guanidine groups is 1. The average molecular weight is 575 g/mol. The first-order valence-electron chi connectivity index (χ1n) is 10.7. The van der Waals surface area contributed by atoms with Gasteiger partial charge in [0.2, 0.25) is 5.75 Å². The van der Waals surface area contributed by atoms with E-state index in [0.717, 1.165) is 63.8 Å². The largest absolute Gasteiger partial charge is 0.493 e. The number of thiophene rings is 1. The Bertz CT molecular complexity index is 815. The molecule has 2 aromatic rings. The van der Waals surface area contributed by atoms with Crippen LogP contribution in [0.25, 0.3) is 0 Å². The minimum absolute atomic E-state index is 0. The first-order valence-corrected chi connectivity index (χ1v) is 11.7. The van der Waals surface area contributed by atoms with Gasteiger partial charge in [0.25, 0.3) is 0 Å². The van der Waals surface area contributed by atoms with Crippen molar-refractivity contribution >= 4 is 41.3 Å². The number of hydrogen-bond acceptors (Lipinski definition) is 6. The molecule has 1 N–H and O–H groups in total. The van der Waals surface area contributed by atoms with Gasteiger partial charge in [0, 0.05) is 45.8 Å². The summed E-state index contributed by atoms with van der Waals surface area (Å²) in [5.74, 6) is 3.04. The van der Waals surface area contributed by atoms with Crippen LogP contribution in [-0.4, -0.2) is 76.4 Å². The van der Waals surface area contributed by atoms with Crippen molar-refractivity contribution in [2.45, 2.75) is 19.9 Å². The average Bonchev–Trinajstić information content (AvgIpc) is 3.32. The van der Waals surface area contributed by atoms with Crippen molar-refractivity contribution in [1.82, 2.24) is 15.1 Å². The molecule has 1 aromatic heterocycles. The van der Waals surface area contributed by atoms with Gasteiger partial charge >= 0.3 is 0 Å². The van der Waals surface area contributed by atoms with E-state index in [0.29, 0.717) is 17.2 Å². The molecule has 0 saturated carbocycles. The lowest BCUT2D eigenvalue weighted by molar-refractivity contribution is 0.172. The number of nitrogens with zero attached hydrogens (tertiary/aromatic N) is 3. The molecule has 1 aliphatic heterocycles. The molecule has 0 unspecified atom stereocenters. The highest BCUT2D eigenvalue weighted by Crippen LogP contribution is 2.38. The zero-order valence-electron chi connectivity index (χ0n) is 19.4. The van der Waals surface area contributed by atoms with Crippen molar-refractivity contribution in [2.24, 2.45) is 4.99 Å². The molecular formula is C23H35IN4O3S. The first-order chi connectivity index (χ1) is 15.2. The summed E-state index contributed by atoms with van der Waals surface area (Å²) in [6, 6.07) is 6.24. The second kappa shape index (κ2) is 13.7.